The molecule has 0 aliphatic carbocycles. The van der Waals surface area contributed by atoms with Crippen LogP contribution in [0.4, 0.5) is 0 Å². The average Bonchev–Trinajstić information content (AvgIpc) is 2.34. The van der Waals surface area contributed by atoms with Crippen LogP contribution in [0.5, 0.6) is 5.75 Å². The number of hydrogen-bond donors (Lipinski definition) is 2. The first-order chi connectivity index (χ1) is 8.49. The Hall–Kier alpha value is -1.55. The van der Waals surface area contributed by atoms with E-state index in [1.807, 2.05) is 18.2 Å². The molecule has 0 aromatic heterocycles. The molecule has 0 saturated carbocycles. The number of ether oxygens (including phenoxy) is 1. The van der Waals surface area contributed by atoms with Crippen LogP contribution in [0.3, 0.4) is 0 Å². The van der Waals surface area contributed by atoms with Gasteiger partial charge in [-0.25, -0.2) is 0 Å². The summed E-state index contributed by atoms with van der Waals surface area (Å²) in [4.78, 5) is 10.9. The molecule has 0 bridgehead atoms. The van der Waals surface area contributed by atoms with Crippen molar-refractivity contribution in [3.63, 3.8) is 0 Å². The quantitative estimate of drug-likeness (QED) is 0.815. The largest absolute Gasteiger partial charge is 0.496 e. The smallest absolute Gasteiger partial charge is 0.305 e. The minimum absolute atomic E-state index is 0.0361. The SMILES string of the molecule is CNC(CC(=O)O)c1cc(C(C)C)ccc1OC. The van der Waals surface area contributed by atoms with Gasteiger partial charge in [-0.2, -0.15) is 0 Å². The number of methoxy groups -OCH3 is 1. The molecule has 0 heterocycles. The number of rotatable bonds is 6. The van der Waals surface area contributed by atoms with Crippen molar-refractivity contribution in [2.75, 3.05) is 14.2 Å². The van der Waals surface area contributed by atoms with E-state index in [0.29, 0.717) is 5.92 Å². The molecule has 2 N–H and O–H groups in total. The minimum Gasteiger partial charge on any atom is -0.496 e. The Labute approximate surface area is 108 Å². The van der Waals surface area contributed by atoms with Crippen LogP contribution in [-0.4, -0.2) is 25.2 Å². The highest BCUT2D eigenvalue weighted by Crippen LogP contribution is 2.30. The molecule has 18 heavy (non-hydrogen) atoms. The molecule has 0 spiro atoms. The molecule has 0 radical (unpaired) electrons. The molecular formula is C14H21NO3. The first-order valence-corrected chi connectivity index (χ1v) is 6.06. The zero-order valence-corrected chi connectivity index (χ0v) is 11.4. The number of carboxylic acid groups (broad SMARTS) is 1. The summed E-state index contributed by atoms with van der Waals surface area (Å²) in [6, 6.07) is 5.70. The highest BCUT2D eigenvalue weighted by Gasteiger charge is 2.18. The van der Waals surface area contributed by atoms with Crippen molar-refractivity contribution >= 4 is 5.97 Å². The zero-order valence-electron chi connectivity index (χ0n) is 11.4. The van der Waals surface area contributed by atoms with Crippen molar-refractivity contribution in [3.8, 4) is 5.75 Å². The lowest BCUT2D eigenvalue weighted by Crippen LogP contribution is -2.20. The van der Waals surface area contributed by atoms with Gasteiger partial charge in [-0.15, -0.1) is 0 Å². The Morgan fingerprint density at radius 3 is 2.56 bits per heavy atom. The van der Waals surface area contributed by atoms with Crippen LogP contribution in [0.1, 0.15) is 43.4 Å². The maximum atomic E-state index is 10.9. The number of carbonyl (C=O) groups is 1. The number of aliphatic carboxylic acids is 1. The first-order valence-electron chi connectivity index (χ1n) is 6.06. The van der Waals surface area contributed by atoms with E-state index in [2.05, 4.69) is 19.2 Å². The summed E-state index contributed by atoms with van der Waals surface area (Å²) in [6.45, 7) is 4.22. The van der Waals surface area contributed by atoms with Gasteiger partial charge in [0.25, 0.3) is 0 Å². The fourth-order valence-electron chi connectivity index (χ4n) is 1.93. The van der Waals surface area contributed by atoms with Crippen LogP contribution in [0.2, 0.25) is 0 Å². The molecule has 0 amide bonds. The van der Waals surface area contributed by atoms with Crippen molar-refractivity contribution in [1.82, 2.24) is 5.32 Å². The van der Waals surface area contributed by atoms with E-state index >= 15 is 0 Å². The Kier molecular flexibility index (Phi) is 5.16. The summed E-state index contributed by atoms with van der Waals surface area (Å²) < 4.78 is 5.31. The van der Waals surface area contributed by atoms with Gasteiger partial charge in [0.05, 0.1) is 13.5 Å². The fraction of sp³-hybridized carbons (Fsp3) is 0.500. The van der Waals surface area contributed by atoms with Crippen LogP contribution < -0.4 is 10.1 Å². The highest BCUT2D eigenvalue weighted by atomic mass is 16.5. The Bertz CT molecular complexity index is 416. The normalized spacial score (nSPS) is 12.5. The summed E-state index contributed by atoms with van der Waals surface area (Å²) in [5, 5.41) is 12.0. The van der Waals surface area contributed by atoms with Crippen LogP contribution in [0.15, 0.2) is 18.2 Å². The maximum absolute atomic E-state index is 10.9. The van der Waals surface area contributed by atoms with Gasteiger partial charge in [-0.3, -0.25) is 4.79 Å². The number of carboxylic acids is 1. The van der Waals surface area contributed by atoms with Crippen LogP contribution in [0.25, 0.3) is 0 Å². The van der Waals surface area contributed by atoms with E-state index in [1.54, 1.807) is 14.2 Å². The summed E-state index contributed by atoms with van der Waals surface area (Å²) in [5.41, 5.74) is 2.07. The second-order valence-electron chi connectivity index (χ2n) is 4.60. The summed E-state index contributed by atoms with van der Waals surface area (Å²) in [7, 11) is 3.36. The van der Waals surface area contributed by atoms with E-state index < -0.39 is 5.97 Å². The molecule has 0 saturated heterocycles. The highest BCUT2D eigenvalue weighted by molar-refractivity contribution is 5.68. The predicted molar refractivity (Wildman–Crippen MR) is 71.1 cm³/mol. The number of nitrogens with one attached hydrogen (secondary N) is 1. The van der Waals surface area contributed by atoms with Crippen LogP contribution >= 0.6 is 0 Å². The van der Waals surface area contributed by atoms with Gasteiger partial charge in [-0.1, -0.05) is 26.0 Å². The predicted octanol–water partition coefficient (Wildman–Crippen LogP) is 2.55. The van der Waals surface area contributed by atoms with E-state index in [4.69, 9.17) is 9.84 Å². The summed E-state index contributed by atoms with van der Waals surface area (Å²) in [6.07, 6.45) is 0.0361. The molecule has 4 nitrogen and oxygen atoms in total. The lowest BCUT2D eigenvalue weighted by Gasteiger charge is -2.19. The molecule has 1 unspecified atom stereocenters. The maximum Gasteiger partial charge on any atom is 0.305 e. The van der Waals surface area contributed by atoms with Crippen molar-refractivity contribution in [1.29, 1.82) is 0 Å². The minimum atomic E-state index is -0.827. The molecule has 1 aromatic carbocycles. The molecule has 1 rings (SSSR count). The Morgan fingerprint density at radius 2 is 2.11 bits per heavy atom. The van der Waals surface area contributed by atoms with Gasteiger partial charge >= 0.3 is 5.97 Å². The molecular weight excluding hydrogens is 230 g/mol. The van der Waals surface area contributed by atoms with Gasteiger partial charge in [0, 0.05) is 11.6 Å². The molecule has 100 valence electrons. The lowest BCUT2D eigenvalue weighted by atomic mass is 9.95. The van der Waals surface area contributed by atoms with Gasteiger partial charge in [-0.05, 0) is 24.6 Å². The first kappa shape index (κ1) is 14.5. The van der Waals surface area contributed by atoms with Crippen LogP contribution in [0, 0.1) is 0 Å². The number of benzene rings is 1. The third-order valence-electron chi connectivity index (χ3n) is 3.02. The van der Waals surface area contributed by atoms with E-state index in [0.717, 1.165) is 11.3 Å². The van der Waals surface area contributed by atoms with Gasteiger partial charge in [0.2, 0.25) is 0 Å². The summed E-state index contributed by atoms with van der Waals surface area (Å²) >= 11 is 0. The van der Waals surface area contributed by atoms with E-state index in [9.17, 15) is 4.79 Å². The molecule has 4 heteroatoms. The summed E-state index contributed by atoms with van der Waals surface area (Å²) in [5.74, 6) is 0.295. The average molecular weight is 251 g/mol. The second-order valence-corrected chi connectivity index (χ2v) is 4.60. The van der Waals surface area contributed by atoms with Crippen LogP contribution in [-0.2, 0) is 4.79 Å². The monoisotopic (exact) mass is 251 g/mol. The third kappa shape index (κ3) is 3.47. The topological polar surface area (TPSA) is 58.6 Å². The lowest BCUT2D eigenvalue weighted by molar-refractivity contribution is -0.137. The van der Waals surface area contributed by atoms with E-state index in [-0.39, 0.29) is 12.5 Å². The van der Waals surface area contributed by atoms with Crippen molar-refractivity contribution in [3.05, 3.63) is 29.3 Å². The van der Waals surface area contributed by atoms with Crippen molar-refractivity contribution in [2.45, 2.75) is 32.2 Å². The Morgan fingerprint density at radius 1 is 1.44 bits per heavy atom. The van der Waals surface area contributed by atoms with Crippen molar-refractivity contribution in [2.24, 2.45) is 0 Å². The third-order valence-corrected chi connectivity index (χ3v) is 3.02. The van der Waals surface area contributed by atoms with Gasteiger partial charge in [0.15, 0.2) is 0 Å². The molecule has 0 aliphatic heterocycles. The van der Waals surface area contributed by atoms with E-state index in [1.165, 1.54) is 5.56 Å². The number of hydrogen-bond acceptors (Lipinski definition) is 3. The molecule has 0 aliphatic rings. The fourth-order valence-corrected chi connectivity index (χ4v) is 1.93. The molecule has 0 fully saturated rings. The van der Waals surface area contributed by atoms with Gasteiger partial charge < -0.3 is 15.2 Å². The molecule has 1 aromatic rings. The molecule has 1 atom stereocenters. The Balaban J connectivity index is 3.16. The second kappa shape index (κ2) is 6.40. The van der Waals surface area contributed by atoms with Crippen molar-refractivity contribution < 1.29 is 14.6 Å². The van der Waals surface area contributed by atoms with Gasteiger partial charge in [0.1, 0.15) is 5.75 Å². The zero-order chi connectivity index (χ0) is 13.7. The standard InChI is InChI=1S/C14H21NO3/c1-9(2)10-5-6-13(18-4)11(7-10)12(15-3)8-14(16)17/h5-7,9,12,15H,8H2,1-4H3,(H,16,17).